The third-order valence-electron chi connectivity index (χ3n) is 0.907. The first-order chi connectivity index (χ1) is 4.93. The molecular formula is C6H5N2O2. The lowest BCUT2D eigenvalue weighted by Crippen LogP contribution is -1.94. The molecule has 1 radical (unpaired) electrons. The summed E-state index contributed by atoms with van der Waals surface area (Å²) in [6.45, 7) is 1.43. The molecule has 1 aromatic heterocycles. The molecule has 0 N–H and O–H groups in total. The number of nitrogens with zero attached hydrogens (tertiary/aromatic N) is 2. The van der Waals surface area contributed by atoms with Crippen molar-refractivity contribution in [2.75, 3.05) is 0 Å². The quantitative estimate of drug-likeness (QED) is 0.591. The number of aromatic nitrogens is 2. The smallest absolute Gasteiger partial charge is 0.417 e. The Hall–Kier alpha value is -1.45. The van der Waals surface area contributed by atoms with Gasteiger partial charge in [0.2, 0.25) is 0 Å². The van der Waals surface area contributed by atoms with Gasteiger partial charge in [0.15, 0.2) is 0 Å². The van der Waals surface area contributed by atoms with Gasteiger partial charge in [-0.15, -0.1) is 0 Å². The fourth-order valence-corrected chi connectivity index (χ4v) is 0.514. The van der Waals surface area contributed by atoms with Crippen molar-refractivity contribution in [1.82, 2.24) is 10.2 Å². The monoisotopic (exact) mass is 137 g/mol. The van der Waals surface area contributed by atoms with E-state index in [9.17, 15) is 4.79 Å². The Morgan fingerprint density at radius 3 is 3.20 bits per heavy atom. The van der Waals surface area contributed by atoms with Crippen molar-refractivity contribution in [3.8, 4) is 0 Å². The Morgan fingerprint density at radius 1 is 1.70 bits per heavy atom. The van der Waals surface area contributed by atoms with Gasteiger partial charge in [0, 0.05) is 6.20 Å². The molecule has 1 heterocycles. The fraction of sp³-hybridized carbons (Fsp3) is 0.167. The topological polar surface area (TPSA) is 52.1 Å². The van der Waals surface area contributed by atoms with Crippen LogP contribution in [0.2, 0.25) is 0 Å². The number of hydrogen-bond acceptors (Lipinski definition) is 4. The molecule has 0 bridgehead atoms. The van der Waals surface area contributed by atoms with Crippen molar-refractivity contribution in [2.45, 2.75) is 6.61 Å². The highest BCUT2D eigenvalue weighted by Crippen LogP contribution is 1.91. The van der Waals surface area contributed by atoms with E-state index >= 15 is 0 Å². The zero-order valence-corrected chi connectivity index (χ0v) is 5.15. The van der Waals surface area contributed by atoms with Gasteiger partial charge in [-0.25, -0.2) is 4.79 Å². The third-order valence-corrected chi connectivity index (χ3v) is 0.907. The molecule has 0 aliphatic carbocycles. The van der Waals surface area contributed by atoms with Crippen LogP contribution in [0, 0.1) is 0 Å². The Bertz CT molecular complexity index is 200. The van der Waals surface area contributed by atoms with Crippen LogP contribution in [0.25, 0.3) is 0 Å². The number of carbonyl (C=O) groups excluding carboxylic acids is 1. The molecule has 0 atom stereocenters. The summed E-state index contributed by atoms with van der Waals surface area (Å²) < 4.78 is 4.31. The first kappa shape index (κ1) is 6.67. The molecule has 4 heteroatoms. The summed E-state index contributed by atoms with van der Waals surface area (Å²) in [6.07, 6.45) is 1.55. The molecule has 0 aliphatic rings. The molecule has 0 saturated carbocycles. The largest absolute Gasteiger partial charge is 0.451 e. The average molecular weight is 137 g/mol. The molecule has 0 aromatic carbocycles. The molecule has 1 rings (SSSR count). The third kappa shape index (κ3) is 1.81. The van der Waals surface area contributed by atoms with Gasteiger partial charge in [-0.2, -0.15) is 10.2 Å². The molecule has 10 heavy (non-hydrogen) atoms. The van der Waals surface area contributed by atoms with Crippen LogP contribution in [0.3, 0.4) is 0 Å². The Labute approximate surface area is 57.8 Å². The summed E-state index contributed by atoms with van der Waals surface area (Å²) in [6, 6.07) is 3.43. The maximum Gasteiger partial charge on any atom is 0.417 e. The average Bonchev–Trinajstić information content (AvgIpc) is 2.03. The van der Waals surface area contributed by atoms with Gasteiger partial charge >= 0.3 is 6.47 Å². The minimum Gasteiger partial charge on any atom is -0.451 e. The Morgan fingerprint density at radius 2 is 2.60 bits per heavy atom. The molecule has 0 spiro atoms. The standard InChI is InChI=1S/C6H5N2O2/c9-5-10-4-6-2-1-3-7-8-6/h1-3H,4H2. The second kappa shape index (κ2) is 3.55. The molecule has 0 amide bonds. The Balaban J connectivity index is 2.50. The highest BCUT2D eigenvalue weighted by atomic mass is 16.5. The van der Waals surface area contributed by atoms with E-state index in [1.165, 1.54) is 6.47 Å². The number of hydrogen-bond donors (Lipinski definition) is 0. The minimum absolute atomic E-state index is 0.136. The van der Waals surface area contributed by atoms with Crippen LogP contribution >= 0.6 is 0 Å². The van der Waals surface area contributed by atoms with Gasteiger partial charge in [0.1, 0.15) is 12.3 Å². The van der Waals surface area contributed by atoms with Crippen LogP contribution in [-0.4, -0.2) is 16.7 Å². The molecular weight excluding hydrogens is 132 g/mol. The lowest BCUT2D eigenvalue weighted by Gasteiger charge is -1.92. The van der Waals surface area contributed by atoms with E-state index in [0.29, 0.717) is 5.69 Å². The summed E-state index contributed by atoms with van der Waals surface area (Å²) in [5.41, 5.74) is 0.617. The molecule has 51 valence electrons. The summed E-state index contributed by atoms with van der Waals surface area (Å²) in [7, 11) is 0. The maximum atomic E-state index is 9.58. The summed E-state index contributed by atoms with van der Waals surface area (Å²) in [5, 5.41) is 7.24. The van der Waals surface area contributed by atoms with Crippen molar-refractivity contribution in [2.24, 2.45) is 0 Å². The number of rotatable bonds is 3. The molecule has 0 saturated heterocycles. The van der Waals surface area contributed by atoms with Crippen LogP contribution in [0.1, 0.15) is 5.69 Å². The van der Waals surface area contributed by atoms with Gasteiger partial charge in [-0.05, 0) is 12.1 Å². The molecule has 4 nitrogen and oxygen atoms in total. The van der Waals surface area contributed by atoms with Crippen LogP contribution in [0.4, 0.5) is 0 Å². The van der Waals surface area contributed by atoms with Gasteiger partial charge in [-0.3, -0.25) is 0 Å². The number of ether oxygens (including phenoxy) is 1. The van der Waals surface area contributed by atoms with Gasteiger partial charge in [0.25, 0.3) is 0 Å². The second-order valence-electron chi connectivity index (χ2n) is 1.59. The van der Waals surface area contributed by atoms with E-state index < -0.39 is 0 Å². The summed E-state index contributed by atoms with van der Waals surface area (Å²) in [4.78, 5) is 9.58. The molecule has 0 fully saturated rings. The van der Waals surface area contributed by atoms with Crippen molar-refractivity contribution in [3.63, 3.8) is 0 Å². The van der Waals surface area contributed by atoms with Gasteiger partial charge < -0.3 is 4.74 Å². The van der Waals surface area contributed by atoms with Crippen molar-refractivity contribution in [3.05, 3.63) is 24.0 Å². The van der Waals surface area contributed by atoms with Crippen molar-refractivity contribution < 1.29 is 9.53 Å². The molecule has 1 aromatic rings. The second-order valence-corrected chi connectivity index (χ2v) is 1.59. The first-order valence-electron chi connectivity index (χ1n) is 2.69. The van der Waals surface area contributed by atoms with E-state index in [0.717, 1.165) is 0 Å². The lowest BCUT2D eigenvalue weighted by atomic mass is 10.4. The predicted molar refractivity (Wildman–Crippen MR) is 32.5 cm³/mol. The van der Waals surface area contributed by atoms with Crippen LogP contribution in [-0.2, 0) is 16.1 Å². The maximum absolute atomic E-state index is 9.58. The lowest BCUT2D eigenvalue weighted by molar-refractivity contribution is 0.262. The normalized spacial score (nSPS) is 8.80. The minimum atomic E-state index is 0.136. The SMILES string of the molecule is O=[C]OCc1cccnn1. The van der Waals surface area contributed by atoms with Gasteiger partial charge in [-0.1, -0.05) is 0 Å². The molecule has 0 unspecified atom stereocenters. The summed E-state index contributed by atoms with van der Waals surface area (Å²) in [5.74, 6) is 0. The summed E-state index contributed by atoms with van der Waals surface area (Å²) >= 11 is 0. The van der Waals surface area contributed by atoms with Gasteiger partial charge in [0.05, 0.1) is 0 Å². The zero-order chi connectivity index (χ0) is 7.23. The van der Waals surface area contributed by atoms with Crippen molar-refractivity contribution >= 4 is 6.47 Å². The highest BCUT2D eigenvalue weighted by Gasteiger charge is 1.91. The first-order valence-corrected chi connectivity index (χ1v) is 2.69. The van der Waals surface area contributed by atoms with E-state index in [1.807, 2.05) is 0 Å². The van der Waals surface area contributed by atoms with Crippen LogP contribution < -0.4 is 0 Å². The van der Waals surface area contributed by atoms with E-state index in [2.05, 4.69) is 14.9 Å². The van der Waals surface area contributed by atoms with Crippen LogP contribution in [0.15, 0.2) is 18.3 Å². The fourth-order valence-electron chi connectivity index (χ4n) is 0.514. The molecule has 0 aliphatic heterocycles. The van der Waals surface area contributed by atoms with E-state index in [4.69, 9.17) is 0 Å². The van der Waals surface area contributed by atoms with E-state index in [-0.39, 0.29) is 6.61 Å². The Kier molecular flexibility index (Phi) is 2.37. The highest BCUT2D eigenvalue weighted by molar-refractivity contribution is 5.38. The van der Waals surface area contributed by atoms with E-state index in [1.54, 1.807) is 18.3 Å². The predicted octanol–water partition coefficient (Wildman–Crippen LogP) is 0.0604. The van der Waals surface area contributed by atoms with Crippen molar-refractivity contribution in [1.29, 1.82) is 0 Å². The zero-order valence-electron chi connectivity index (χ0n) is 5.15. The van der Waals surface area contributed by atoms with Crippen LogP contribution in [0.5, 0.6) is 0 Å².